The average molecular weight is 514 g/mol. The Morgan fingerprint density at radius 3 is 2.55 bits per heavy atom. The van der Waals surface area contributed by atoms with Crippen LogP contribution in [0.5, 0.6) is 11.5 Å². The number of furan rings is 1. The highest BCUT2D eigenvalue weighted by Crippen LogP contribution is 2.28. The fraction of sp³-hybridized carbons (Fsp3) is 0.222. The first-order valence-electron chi connectivity index (χ1n) is 12.2. The predicted molar refractivity (Wildman–Crippen MR) is 143 cm³/mol. The van der Waals surface area contributed by atoms with Gasteiger partial charge in [-0.05, 0) is 67.3 Å². The van der Waals surface area contributed by atoms with Crippen LogP contribution in [0.4, 0.5) is 23.5 Å². The van der Waals surface area contributed by atoms with E-state index >= 15 is 0 Å². The number of para-hydroxylation sites is 1. The molecule has 11 nitrogen and oxygen atoms in total. The van der Waals surface area contributed by atoms with Crippen LogP contribution in [-0.4, -0.2) is 47.3 Å². The Balaban J connectivity index is 1.31. The van der Waals surface area contributed by atoms with Gasteiger partial charge < -0.3 is 24.1 Å². The molecular weight excluding hydrogens is 486 g/mol. The second kappa shape index (κ2) is 11.9. The van der Waals surface area contributed by atoms with Crippen LogP contribution in [-0.2, 0) is 0 Å². The summed E-state index contributed by atoms with van der Waals surface area (Å²) in [6.45, 7) is 1.79. The van der Waals surface area contributed by atoms with E-state index in [-0.39, 0.29) is 11.5 Å². The van der Waals surface area contributed by atoms with Gasteiger partial charge in [-0.15, -0.1) is 0 Å². The number of esters is 1. The molecular formula is C27H27N7O4. The zero-order valence-electron chi connectivity index (χ0n) is 20.8. The van der Waals surface area contributed by atoms with E-state index in [0.29, 0.717) is 29.2 Å². The summed E-state index contributed by atoms with van der Waals surface area (Å²) >= 11 is 0. The Morgan fingerprint density at radius 1 is 0.974 bits per heavy atom. The summed E-state index contributed by atoms with van der Waals surface area (Å²) in [5.41, 5.74) is 4.48. The first-order valence-corrected chi connectivity index (χ1v) is 12.2. The smallest absolute Gasteiger partial charge is 0.379 e. The van der Waals surface area contributed by atoms with Gasteiger partial charge in [0.1, 0.15) is 0 Å². The van der Waals surface area contributed by atoms with Gasteiger partial charge in [0.15, 0.2) is 11.5 Å². The van der Waals surface area contributed by atoms with Gasteiger partial charge in [-0.25, -0.2) is 10.2 Å². The highest BCUT2D eigenvalue weighted by atomic mass is 16.6. The topological polar surface area (TPSA) is 127 Å². The van der Waals surface area contributed by atoms with E-state index in [0.717, 1.165) is 31.6 Å². The summed E-state index contributed by atoms with van der Waals surface area (Å²) < 4.78 is 15.9. The molecule has 1 saturated heterocycles. The third-order valence-electron chi connectivity index (χ3n) is 5.78. The zero-order chi connectivity index (χ0) is 26.2. The van der Waals surface area contributed by atoms with Crippen LogP contribution in [0, 0.1) is 0 Å². The average Bonchev–Trinajstić information content (AvgIpc) is 3.50. The maximum absolute atomic E-state index is 12.2. The molecule has 5 rings (SSSR count). The highest BCUT2D eigenvalue weighted by molar-refractivity contribution is 5.89. The van der Waals surface area contributed by atoms with Crippen LogP contribution < -0.4 is 25.1 Å². The van der Waals surface area contributed by atoms with Gasteiger partial charge in [-0.2, -0.15) is 20.1 Å². The van der Waals surface area contributed by atoms with Crippen molar-refractivity contribution in [3.05, 3.63) is 78.3 Å². The largest absolute Gasteiger partial charge is 0.493 e. The summed E-state index contributed by atoms with van der Waals surface area (Å²) in [5, 5.41) is 7.53. The number of benzene rings is 2. The first kappa shape index (κ1) is 24.8. The molecule has 1 aliphatic rings. The number of rotatable bonds is 9. The maximum atomic E-state index is 12.2. The summed E-state index contributed by atoms with van der Waals surface area (Å²) in [4.78, 5) is 28.1. The highest BCUT2D eigenvalue weighted by Gasteiger charge is 2.17. The molecule has 0 bridgehead atoms. The molecule has 4 aromatic rings. The second-order valence-electron chi connectivity index (χ2n) is 8.47. The van der Waals surface area contributed by atoms with Gasteiger partial charge >= 0.3 is 5.97 Å². The van der Waals surface area contributed by atoms with Gasteiger partial charge in [0.2, 0.25) is 23.6 Å². The number of anilines is 4. The number of methoxy groups -OCH3 is 1. The number of nitrogens with zero attached hydrogens (tertiary/aromatic N) is 5. The first-order chi connectivity index (χ1) is 18.7. The van der Waals surface area contributed by atoms with Crippen molar-refractivity contribution in [2.24, 2.45) is 5.10 Å². The molecule has 194 valence electrons. The molecule has 2 N–H and O–H groups in total. The van der Waals surface area contributed by atoms with Crippen molar-refractivity contribution in [1.29, 1.82) is 0 Å². The summed E-state index contributed by atoms with van der Waals surface area (Å²) in [7, 11) is 1.49. The van der Waals surface area contributed by atoms with Crippen molar-refractivity contribution in [3.63, 3.8) is 0 Å². The Kier molecular flexibility index (Phi) is 7.73. The number of aromatic nitrogens is 3. The molecule has 0 atom stereocenters. The van der Waals surface area contributed by atoms with Crippen molar-refractivity contribution < 1.29 is 18.7 Å². The minimum Gasteiger partial charge on any atom is -0.493 e. The lowest BCUT2D eigenvalue weighted by Gasteiger charge is -2.26. The summed E-state index contributed by atoms with van der Waals surface area (Å²) in [6.07, 6.45) is 6.40. The lowest BCUT2D eigenvalue weighted by Crippen LogP contribution is -2.31. The molecule has 0 radical (unpaired) electrons. The monoisotopic (exact) mass is 513 g/mol. The molecule has 1 aliphatic heterocycles. The number of carbonyl (C=O) groups excluding carboxylic acids is 1. The fourth-order valence-corrected chi connectivity index (χ4v) is 3.91. The van der Waals surface area contributed by atoms with Crippen LogP contribution in [0.1, 0.15) is 35.4 Å². The lowest BCUT2D eigenvalue weighted by atomic mass is 10.1. The minimum absolute atomic E-state index is 0.101. The normalized spacial score (nSPS) is 13.3. The van der Waals surface area contributed by atoms with Gasteiger partial charge in [0, 0.05) is 18.8 Å². The van der Waals surface area contributed by atoms with Gasteiger partial charge in [-0.1, -0.05) is 18.2 Å². The molecule has 3 heterocycles. The van der Waals surface area contributed by atoms with E-state index in [1.165, 1.54) is 25.9 Å². The predicted octanol–water partition coefficient (Wildman–Crippen LogP) is 4.87. The Morgan fingerprint density at radius 2 is 1.79 bits per heavy atom. The van der Waals surface area contributed by atoms with Crippen molar-refractivity contribution >= 4 is 35.7 Å². The quantitative estimate of drug-likeness (QED) is 0.138. The third kappa shape index (κ3) is 6.25. The molecule has 0 aliphatic carbocycles. The number of carbonyl (C=O) groups is 1. The van der Waals surface area contributed by atoms with Crippen molar-refractivity contribution in [2.45, 2.75) is 19.3 Å². The number of nitrogens with one attached hydrogen (secondary N) is 2. The van der Waals surface area contributed by atoms with Crippen LogP contribution in [0.15, 0.2) is 76.4 Å². The number of hydrazone groups is 1. The van der Waals surface area contributed by atoms with Crippen molar-refractivity contribution in [3.8, 4) is 11.5 Å². The Bertz CT molecular complexity index is 1390. The van der Waals surface area contributed by atoms with E-state index in [9.17, 15) is 4.79 Å². The Labute approximate surface area is 219 Å². The van der Waals surface area contributed by atoms with Crippen LogP contribution in [0.2, 0.25) is 0 Å². The van der Waals surface area contributed by atoms with Gasteiger partial charge in [0.25, 0.3) is 0 Å². The third-order valence-corrected chi connectivity index (χ3v) is 5.78. The number of hydrogen-bond donors (Lipinski definition) is 2. The standard InChI is InChI=1S/C27H27N7O4/c1-36-23-17-19(12-13-21(23)38-24(35)22-11-8-16-37-22)18-28-33-26-30-25(29-20-9-4-2-5-10-20)31-27(32-26)34-14-6-3-7-15-34/h2,4-5,8-13,16-18H,3,6-7,14-15H2,1H3,(H2,29,30,31,32,33)/b28-18+. The molecule has 0 saturated carbocycles. The number of ether oxygens (including phenoxy) is 2. The van der Waals surface area contributed by atoms with E-state index in [1.807, 2.05) is 30.3 Å². The molecule has 0 amide bonds. The number of hydrogen-bond acceptors (Lipinski definition) is 11. The van der Waals surface area contributed by atoms with Crippen LogP contribution in [0.25, 0.3) is 0 Å². The van der Waals surface area contributed by atoms with Crippen molar-refractivity contribution in [1.82, 2.24) is 15.0 Å². The molecule has 38 heavy (non-hydrogen) atoms. The van der Waals surface area contributed by atoms with E-state index in [1.54, 1.807) is 30.5 Å². The molecule has 0 unspecified atom stereocenters. The van der Waals surface area contributed by atoms with E-state index in [4.69, 9.17) is 13.9 Å². The van der Waals surface area contributed by atoms with Gasteiger partial charge in [-0.3, -0.25) is 0 Å². The zero-order valence-corrected chi connectivity index (χ0v) is 20.8. The molecule has 1 fully saturated rings. The molecule has 2 aromatic carbocycles. The van der Waals surface area contributed by atoms with Crippen LogP contribution >= 0.6 is 0 Å². The van der Waals surface area contributed by atoms with Crippen molar-refractivity contribution in [2.75, 3.05) is 35.8 Å². The number of piperidine rings is 1. The Hall–Kier alpha value is -4.93. The van der Waals surface area contributed by atoms with E-state index < -0.39 is 5.97 Å². The summed E-state index contributed by atoms with van der Waals surface area (Å²) in [5.74, 6) is 1.45. The fourth-order valence-electron chi connectivity index (χ4n) is 3.91. The maximum Gasteiger partial charge on any atom is 0.379 e. The van der Waals surface area contributed by atoms with Gasteiger partial charge in [0.05, 0.1) is 19.6 Å². The molecule has 11 heteroatoms. The lowest BCUT2D eigenvalue weighted by molar-refractivity contribution is 0.0696. The molecule has 2 aromatic heterocycles. The van der Waals surface area contributed by atoms with Crippen LogP contribution in [0.3, 0.4) is 0 Å². The van der Waals surface area contributed by atoms with E-state index in [2.05, 4.69) is 35.7 Å². The second-order valence-corrected chi connectivity index (χ2v) is 8.47. The summed E-state index contributed by atoms with van der Waals surface area (Å²) in [6, 6.07) is 17.9. The minimum atomic E-state index is -0.615. The SMILES string of the molecule is COc1cc(/C=N/Nc2nc(Nc3ccccc3)nc(N3CCCCC3)n2)ccc1OC(=O)c1ccco1. The molecule has 0 spiro atoms.